The molecule has 0 atom stereocenters. The highest BCUT2D eigenvalue weighted by atomic mass is 35.5. The van der Waals surface area contributed by atoms with Gasteiger partial charge < -0.3 is 5.32 Å². The number of hydrogen-bond acceptors (Lipinski definition) is 3. The fourth-order valence-corrected chi connectivity index (χ4v) is 3.66. The fourth-order valence-electron chi connectivity index (χ4n) is 2.07. The molecule has 0 spiro atoms. The Morgan fingerprint density at radius 2 is 2.05 bits per heavy atom. The molecule has 118 valence electrons. The van der Waals surface area contributed by atoms with Gasteiger partial charge in [-0.15, -0.1) is 0 Å². The third-order valence-corrected chi connectivity index (χ3v) is 5.48. The molecule has 2 N–H and O–H groups in total. The van der Waals surface area contributed by atoms with Crippen LogP contribution in [-0.4, -0.2) is 21.0 Å². The Morgan fingerprint density at radius 1 is 1.33 bits per heavy atom. The highest BCUT2D eigenvalue weighted by Gasteiger charge is 2.23. The molecular formula is C15H23ClN2O2S. The zero-order valence-electron chi connectivity index (χ0n) is 12.5. The average Bonchev–Trinajstić information content (AvgIpc) is 3.21. The van der Waals surface area contributed by atoms with E-state index >= 15 is 0 Å². The van der Waals surface area contributed by atoms with E-state index in [-0.39, 0.29) is 9.92 Å². The van der Waals surface area contributed by atoms with Crippen LogP contribution in [0.2, 0.25) is 5.02 Å². The van der Waals surface area contributed by atoms with Crippen LogP contribution < -0.4 is 10.0 Å². The van der Waals surface area contributed by atoms with Crippen molar-refractivity contribution in [2.24, 2.45) is 5.92 Å². The van der Waals surface area contributed by atoms with Gasteiger partial charge in [-0.2, -0.15) is 0 Å². The molecule has 2 rings (SSSR count). The summed E-state index contributed by atoms with van der Waals surface area (Å²) in [6.07, 6.45) is 3.35. The minimum atomic E-state index is -3.53. The Hall–Kier alpha value is -0.620. The van der Waals surface area contributed by atoms with Crippen LogP contribution in [0.15, 0.2) is 23.1 Å². The predicted octanol–water partition coefficient (Wildman–Crippen LogP) is 2.92. The molecule has 0 aromatic heterocycles. The molecule has 0 unspecified atom stereocenters. The van der Waals surface area contributed by atoms with E-state index in [0.717, 1.165) is 12.0 Å². The zero-order valence-corrected chi connectivity index (χ0v) is 14.1. The molecular weight excluding hydrogens is 308 g/mol. The first-order valence-corrected chi connectivity index (χ1v) is 9.26. The lowest BCUT2D eigenvalue weighted by Crippen LogP contribution is -2.26. The van der Waals surface area contributed by atoms with Gasteiger partial charge in [-0.05, 0) is 30.0 Å². The fraction of sp³-hybridized carbons (Fsp3) is 0.600. The van der Waals surface area contributed by atoms with E-state index in [2.05, 4.69) is 10.0 Å². The average molecular weight is 331 g/mol. The van der Waals surface area contributed by atoms with Crippen molar-refractivity contribution in [3.05, 3.63) is 28.8 Å². The quantitative estimate of drug-likeness (QED) is 0.770. The SMILES string of the molecule is CC(C)NCc1ccc(Cl)c(S(=O)(=O)NCCC2CC2)c1. The lowest BCUT2D eigenvalue weighted by molar-refractivity contribution is 0.574. The van der Waals surface area contributed by atoms with Crippen molar-refractivity contribution in [3.63, 3.8) is 0 Å². The van der Waals surface area contributed by atoms with Gasteiger partial charge in [0, 0.05) is 19.1 Å². The van der Waals surface area contributed by atoms with Crippen molar-refractivity contribution in [2.75, 3.05) is 6.54 Å². The maximum atomic E-state index is 12.3. The minimum Gasteiger partial charge on any atom is -0.310 e. The summed E-state index contributed by atoms with van der Waals surface area (Å²) >= 11 is 6.06. The van der Waals surface area contributed by atoms with Crippen LogP contribution >= 0.6 is 11.6 Å². The van der Waals surface area contributed by atoms with Gasteiger partial charge in [0.1, 0.15) is 4.90 Å². The molecule has 1 aliphatic rings. The van der Waals surface area contributed by atoms with Crippen LogP contribution in [0, 0.1) is 5.92 Å². The second-order valence-corrected chi connectivity index (χ2v) is 8.07. The van der Waals surface area contributed by atoms with Gasteiger partial charge in [0.25, 0.3) is 0 Å². The number of sulfonamides is 1. The second-order valence-electron chi connectivity index (χ2n) is 5.93. The second kappa shape index (κ2) is 7.09. The number of nitrogens with one attached hydrogen (secondary N) is 2. The van der Waals surface area contributed by atoms with Crippen LogP contribution in [-0.2, 0) is 16.6 Å². The summed E-state index contributed by atoms with van der Waals surface area (Å²) in [5, 5.41) is 3.53. The highest BCUT2D eigenvalue weighted by molar-refractivity contribution is 7.89. The normalized spacial score (nSPS) is 15.6. The van der Waals surface area contributed by atoms with Crippen LogP contribution in [0.5, 0.6) is 0 Å². The lowest BCUT2D eigenvalue weighted by Gasteiger charge is -2.12. The summed E-state index contributed by atoms with van der Waals surface area (Å²) in [5.41, 5.74) is 0.913. The maximum absolute atomic E-state index is 12.3. The Morgan fingerprint density at radius 3 is 2.67 bits per heavy atom. The van der Waals surface area contributed by atoms with Gasteiger partial charge in [0.05, 0.1) is 5.02 Å². The Balaban J connectivity index is 2.06. The van der Waals surface area contributed by atoms with Crippen molar-refractivity contribution < 1.29 is 8.42 Å². The summed E-state index contributed by atoms with van der Waals surface area (Å²) in [4.78, 5) is 0.169. The number of hydrogen-bond donors (Lipinski definition) is 2. The van der Waals surface area contributed by atoms with Crippen molar-refractivity contribution in [3.8, 4) is 0 Å². The van der Waals surface area contributed by atoms with Gasteiger partial charge in [-0.3, -0.25) is 0 Å². The summed E-state index contributed by atoms with van der Waals surface area (Å²) in [7, 11) is -3.53. The first-order chi connectivity index (χ1) is 9.88. The van der Waals surface area contributed by atoms with Gasteiger partial charge in [-0.25, -0.2) is 13.1 Å². The molecule has 1 saturated carbocycles. The topological polar surface area (TPSA) is 58.2 Å². The number of halogens is 1. The van der Waals surface area contributed by atoms with E-state index in [4.69, 9.17) is 11.6 Å². The molecule has 0 amide bonds. The largest absolute Gasteiger partial charge is 0.310 e. The monoisotopic (exact) mass is 330 g/mol. The molecule has 4 nitrogen and oxygen atoms in total. The van der Waals surface area contributed by atoms with Crippen molar-refractivity contribution in [2.45, 2.75) is 50.6 Å². The Bertz CT molecular complexity index is 583. The molecule has 0 heterocycles. The predicted molar refractivity (Wildman–Crippen MR) is 86.0 cm³/mol. The van der Waals surface area contributed by atoms with Crippen LogP contribution in [0.4, 0.5) is 0 Å². The van der Waals surface area contributed by atoms with Crippen molar-refractivity contribution in [1.82, 2.24) is 10.0 Å². The Kier molecular flexibility index (Phi) is 5.66. The molecule has 0 aliphatic heterocycles. The van der Waals surface area contributed by atoms with E-state index in [1.54, 1.807) is 12.1 Å². The smallest absolute Gasteiger partial charge is 0.242 e. The third kappa shape index (κ3) is 5.25. The van der Waals surface area contributed by atoms with Crippen molar-refractivity contribution in [1.29, 1.82) is 0 Å². The van der Waals surface area contributed by atoms with Crippen LogP contribution in [0.3, 0.4) is 0 Å². The molecule has 1 aromatic rings. The third-order valence-electron chi connectivity index (χ3n) is 3.54. The molecule has 0 saturated heterocycles. The first-order valence-electron chi connectivity index (χ1n) is 7.40. The molecule has 1 aromatic carbocycles. The summed E-state index contributed by atoms with van der Waals surface area (Å²) in [6.45, 7) is 5.21. The molecule has 6 heteroatoms. The van der Waals surface area contributed by atoms with E-state index in [1.165, 1.54) is 12.8 Å². The first kappa shape index (κ1) is 16.7. The van der Waals surface area contributed by atoms with E-state index in [9.17, 15) is 8.42 Å². The molecule has 1 fully saturated rings. The van der Waals surface area contributed by atoms with E-state index < -0.39 is 10.0 Å². The van der Waals surface area contributed by atoms with Gasteiger partial charge in [0.2, 0.25) is 10.0 Å². The van der Waals surface area contributed by atoms with E-state index in [1.807, 2.05) is 19.9 Å². The van der Waals surface area contributed by atoms with E-state index in [0.29, 0.717) is 25.0 Å². The van der Waals surface area contributed by atoms with Crippen molar-refractivity contribution >= 4 is 21.6 Å². The zero-order chi connectivity index (χ0) is 15.5. The standard InChI is InChI=1S/C15H23ClN2O2S/c1-11(2)17-10-13-5-6-14(16)15(9-13)21(19,20)18-8-7-12-3-4-12/h5-6,9,11-12,17-18H,3-4,7-8,10H2,1-2H3. The van der Waals surface area contributed by atoms with Gasteiger partial charge in [0.15, 0.2) is 0 Å². The lowest BCUT2D eigenvalue weighted by atomic mass is 10.2. The summed E-state index contributed by atoms with van der Waals surface area (Å²) in [6, 6.07) is 5.49. The maximum Gasteiger partial charge on any atom is 0.242 e. The molecule has 1 aliphatic carbocycles. The summed E-state index contributed by atoms with van der Waals surface area (Å²) < 4.78 is 27.3. The highest BCUT2D eigenvalue weighted by Crippen LogP contribution is 2.32. The van der Waals surface area contributed by atoms with Crippen LogP contribution in [0.25, 0.3) is 0 Å². The number of benzene rings is 1. The van der Waals surface area contributed by atoms with Crippen LogP contribution in [0.1, 0.15) is 38.7 Å². The molecule has 21 heavy (non-hydrogen) atoms. The summed E-state index contributed by atoms with van der Waals surface area (Å²) in [5.74, 6) is 0.699. The number of rotatable bonds is 8. The molecule has 0 bridgehead atoms. The van der Waals surface area contributed by atoms with Gasteiger partial charge in [-0.1, -0.05) is 44.4 Å². The Labute approximate surface area is 132 Å². The molecule has 0 radical (unpaired) electrons. The van der Waals surface area contributed by atoms with Gasteiger partial charge >= 0.3 is 0 Å². The minimum absolute atomic E-state index is 0.169.